The summed E-state index contributed by atoms with van der Waals surface area (Å²) < 4.78 is 5.65. The van der Waals surface area contributed by atoms with Crippen molar-refractivity contribution in [1.82, 2.24) is 19.8 Å². The molecule has 144 valence electrons. The smallest absolute Gasteiger partial charge is 0.253 e. The summed E-state index contributed by atoms with van der Waals surface area (Å²) in [5.74, 6) is 1.64. The van der Waals surface area contributed by atoms with Crippen LogP contribution < -0.4 is 5.73 Å². The molecule has 7 nitrogen and oxygen atoms in total. The number of nitrogens with two attached hydrogens (primary N) is 1. The molecule has 1 aliphatic rings. The van der Waals surface area contributed by atoms with E-state index in [1.165, 1.54) is 0 Å². The van der Waals surface area contributed by atoms with Crippen molar-refractivity contribution in [3.63, 3.8) is 0 Å². The lowest BCUT2D eigenvalue weighted by Gasteiger charge is -2.32. The molecule has 0 aliphatic carbocycles. The standard InChI is InChI=1S/C21H23N5O2/c1-14-6-7-19(28-14)18-13-17(23-21(22)24-18)15-4-3-5-16(12-15)20(27)26-10-8-25(2)9-11-26/h3-7,12-13H,8-11H2,1-2H3,(H2,22,23,24). The van der Waals surface area contributed by atoms with Gasteiger partial charge in [-0.25, -0.2) is 9.97 Å². The number of anilines is 1. The number of hydrogen-bond donors (Lipinski definition) is 1. The fourth-order valence-corrected chi connectivity index (χ4v) is 3.32. The Kier molecular flexibility index (Phi) is 4.83. The van der Waals surface area contributed by atoms with Gasteiger partial charge in [0.15, 0.2) is 5.76 Å². The Morgan fingerprint density at radius 1 is 1.04 bits per heavy atom. The third-order valence-corrected chi connectivity index (χ3v) is 4.93. The molecular formula is C21H23N5O2. The summed E-state index contributed by atoms with van der Waals surface area (Å²) in [6, 6.07) is 13.0. The molecule has 7 heteroatoms. The van der Waals surface area contributed by atoms with Gasteiger partial charge in [-0.1, -0.05) is 12.1 Å². The van der Waals surface area contributed by atoms with Crippen molar-refractivity contribution >= 4 is 11.9 Å². The van der Waals surface area contributed by atoms with Crippen molar-refractivity contribution in [1.29, 1.82) is 0 Å². The first kappa shape index (κ1) is 18.2. The Morgan fingerprint density at radius 2 is 1.79 bits per heavy atom. The molecule has 1 fully saturated rings. The fraction of sp³-hybridized carbons (Fsp3) is 0.286. The second-order valence-corrected chi connectivity index (χ2v) is 7.08. The quantitative estimate of drug-likeness (QED) is 0.755. The Bertz CT molecular complexity index is 1010. The molecule has 1 saturated heterocycles. The number of likely N-dealkylation sites (N-methyl/N-ethyl adjacent to an activating group) is 1. The lowest BCUT2D eigenvalue weighted by Crippen LogP contribution is -2.47. The molecule has 2 aromatic heterocycles. The van der Waals surface area contributed by atoms with Gasteiger partial charge in [-0.05, 0) is 44.3 Å². The maximum atomic E-state index is 12.9. The van der Waals surface area contributed by atoms with E-state index in [9.17, 15) is 4.79 Å². The lowest BCUT2D eigenvalue weighted by molar-refractivity contribution is 0.0664. The van der Waals surface area contributed by atoms with Gasteiger partial charge in [-0.2, -0.15) is 0 Å². The summed E-state index contributed by atoms with van der Waals surface area (Å²) in [5, 5.41) is 0. The Morgan fingerprint density at radius 3 is 2.50 bits per heavy atom. The Balaban J connectivity index is 1.64. The predicted molar refractivity (Wildman–Crippen MR) is 108 cm³/mol. The molecule has 0 bridgehead atoms. The van der Waals surface area contributed by atoms with Crippen molar-refractivity contribution < 1.29 is 9.21 Å². The largest absolute Gasteiger partial charge is 0.460 e. The summed E-state index contributed by atoms with van der Waals surface area (Å²) in [5.41, 5.74) is 8.66. The monoisotopic (exact) mass is 377 g/mol. The van der Waals surface area contributed by atoms with Crippen LogP contribution in [0.15, 0.2) is 46.9 Å². The number of piperazine rings is 1. The molecule has 4 rings (SSSR count). The number of carbonyl (C=O) groups excluding carboxylic acids is 1. The van der Waals surface area contributed by atoms with Gasteiger partial charge in [0, 0.05) is 37.3 Å². The van der Waals surface area contributed by atoms with Crippen LogP contribution in [0.25, 0.3) is 22.7 Å². The summed E-state index contributed by atoms with van der Waals surface area (Å²) >= 11 is 0. The van der Waals surface area contributed by atoms with Gasteiger partial charge >= 0.3 is 0 Å². The van der Waals surface area contributed by atoms with Crippen LogP contribution in [0.3, 0.4) is 0 Å². The minimum absolute atomic E-state index is 0.0406. The van der Waals surface area contributed by atoms with Gasteiger partial charge in [0.25, 0.3) is 5.91 Å². The number of aromatic nitrogens is 2. The van der Waals surface area contributed by atoms with Crippen LogP contribution in [0, 0.1) is 6.92 Å². The molecule has 0 radical (unpaired) electrons. The van der Waals surface area contributed by atoms with Crippen molar-refractivity contribution in [2.75, 3.05) is 39.0 Å². The molecule has 28 heavy (non-hydrogen) atoms. The molecule has 2 N–H and O–H groups in total. The van der Waals surface area contributed by atoms with Gasteiger partial charge in [0.1, 0.15) is 11.5 Å². The van der Waals surface area contributed by atoms with Crippen molar-refractivity contribution in [2.24, 2.45) is 0 Å². The van der Waals surface area contributed by atoms with Gasteiger partial charge in [0.2, 0.25) is 5.95 Å². The third kappa shape index (κ3) is 3.75. The van der Waals surface area contributed by atoms with E-state index in [4.69, 9.17) is 10.2 Å². The van der Waals surface area contributed by atoms with E-state index >= 15 is 0 Å². The molecule has 1 aliphatic heterocycles. The predicted octanol–water partition coefficient (Wildman–Crippen LogP) is 2.68. The number of hydrogen-bond acceptors (Lipinski definition) is 6. The normalized spacial score (nSPS) is 15.0. The van der Waals surface area contributed by atoms with Crippen LogP contribution in [0.2, 0.25) is 0 Å². The number of amides is 1. The van der Waals surface area contributed by atoms with E-state index in [0.29, 0.717) is 22.7 Å². The molecule has 0 spiro atoms. The highest BCUT2D eigenvalue weighted by Gasteiger charge is 2.21. The lowest BCUT2D eigenvalue weighted by atomic mass is 10.1. The van der Waals surface area contributed by atoms with Crippen molar-refractivity contribution in [3.05, 3.63) is 53.8 Å². The van der Waals surface area contributed by atoms with Crippen LogP contribution in [0.5, 0.6) is 0 Å². The molecule has 0 unspecified atom stereocenters. The number of rotatable bonds is 3. The van der Waals surface area contributed by atoms with Gasteiger partial charge in [0.05, 0.1) is 5.69 Å². The first-order chi connectivity index (χ1) is 13.5. The van der Waals surface area contributed by atoms with Gasteiger partial charge in [-0.3, -0.25) is 4.79 Å². The van der Waals surface area contributed by atoms with Crippen LogP contribution in [-0.4, -0.2) is 58.9 Å². The number of nitrogens with zero attached hydrogens (tertiary/aromatic N) is 4. The number of carbonyl (C=O) groups is 1. The Hall–Kier alpha value is -3.19. The van der Waals surface area contributed by atoms with Gasteiger partial charge < -0.3 is 20.0 Å². The average molecular weight is 377 g/mol. The molecule has 1 amide bonds. The second-order valence-electron chi connectivity index (χ2n) is 7.08. The van der Waals surface area contributed by atoms with Crippen LogP contribution in [0.1, 0.15) is 16.1 Å². The number of furan rings is 1. The van der Waals surface area contributed by atoms with E-state index < -0.39 is 0 Å². The molecule has 0 saturated carbocycles. The van der Waals surface area contributed by atoms with E-state index in [1.807, 2.05) is 54.3 Å². The summed E-state index contributed by atoms with van der Waals surface area (Å²) in [7, 11) is 2.07. The molecule has 1 aromatic carbocycles. The molecule has 3 aromatic rings. The number of benzene rings is 1. The van der Waals surface area contributed by atoms with Crippen LogP contribution in [-0.2, 0) is 0 Å². The highest BCUT2D eigenvalue weighted by molar-refractivity contribution is 5.95. The first-order valence-electron chi connectivity index (χ1n) is 9.29. The first-order valence-corrected chi connectivity index (χ1v) is 9.29. The minimum Gasteiger partial charge on any atom is -0.460 e. The van der Waals surface area contributed by atoms with Crippen molar-refractivity contribution in [2.45, 2.75) is 6.92 Å². The van der Waals surface area contributed by atoms with Gasteiger partial charge in [-0.15, -0.1) is 0 Å². The molecule has 0 atom stereocenters. The number of nitrogen functional groups attached to an aromatic ring is 1. The van der Waals surface area contributed by atoms with E-state index in [1.54, 1.807) is 0 Å². The summed E-state index contributed by atoms with van der Waals surface area (Å²) in [6.07, 6.45) is 0. The maximum absolute atomic E-state index is 12.9. The van der Waals surface area contributed by atoms with Crippen molar-refractivity contribution in [3.8, 4) is 22.7 Å². The van der Waals surface area contributed by atoms with Crippen LogP contribution >= 0.6 is 0 Å². The van der Waals surface area contributed by atoms with Crippen LogP contribution in [0.4, 0.5) is 5.95 Å². The third-order valence-electron chi connectivity index (χ3n) is 4.93. The zero-order valence-electron chi connectivity index (χ0n) is 16.1. The highest BCUT2D eigenvalue weighted by atomic mass is 16.3. The van der Waals surface area contributed by atoms with E-state index in [2.05, 4.69) is 21.9 Å². The summed E-state index contributed by atoms with van der Waals surface area (Å²) in [6.45, 7) is 5.13. The van der Waals surface area contributed by atoms with E-state index in [0.717, 1.165) is 37.5 Å². The zero-order chi connectivity index (χ0) is 19.7. The maximum Gasteiger partial charge on any atom is 0.253 e. The zero-order valence-corrected chi connectivity index (χ0v) is 16.1. The second kappa shape index (κ2) is 7.44. The molecule has 3 heterocycles. The number of aryl methyl sites for hydroxylation is 1. The average Bonchev–Trinajstić information content (AvgIpc) is 3.14. The van der Waals surface area contributed by atoms with E-state index in [-0.39, 0.29) is 11.9 Å². The topological polar surface area (TPSA) is 88.5 Å². The Labute approximate surface area is 163 Å². The highest BCUT2D eigenvalue weighted by Crippen LogP contribution is 2.26. The minimum atomic E-state index is 0.0406. The molecular weight excluding hydrogens is 354 g/mol. The summed E-state index contributed by atoms with van der Waals surface area (Å²) in [4.78, 5) is 25.6. The fourth-order valence-electron chi connectivity index (χ4n) is 3.32. The SMILES string of the molecule is Cc1ccc(-c2cc(-c3cccc(C(=O)N4CCN(C)CC4)c3)nc(N)n2)o1.